The molecule has 2 fully saturated rings. The zero-order valence-corrected chi connectivity index (χ0v) is 7.55. The van der Waals surface area contributed by atoms with Gasteiger partial charge in [-0.2, -0.15) is 5.10 Å². The molecule has 2 rings (SSSR count). The van der Waals surface area contributed by atoms with E-state index in [2.05, 4.69) is 10.5 Å². The van der Waals surface area contributed by atoms with Crippen molar-refractivity contribution < 1.29 is 9.90 Å². The summed E-state index contributed by atoms with van der Waals surface area (Å²) in [5, 5.41) is 12.5. The fourth-order valence-electron chi connectivity index (χ4n) is 2.07. The number of rotatable bonds is 2. The predicted octanol–water partition coefficient (Wildman–Crippen LogP) is 0.415. The summed E-state index contributed by atoms with van der Waals surface area (Å²) in [5.74, 6) is -0.422. The summed E-state index contributed by atoms with van der Waals surface area (Å²) in [5.41, 5.74) is 3.83. The number of aliphatic hydroxyl groups excluding tert-OH is 1. The van der Waals surface area contributed by atoms with Gasteiger partial charge in [0.1, 0.15) is 6.61 Å². The first-order valence-electron chi connectivity index (χ1n) is 4.74. The highest BCUT2D eigenvalue weighted by atomic mass is 16.3. The van der Waals surface area contributed by atoms with Gasteiger partial charge >= 0.3 is 0 Å². The van der Waals surface area contributed by atoms with Crippen LogP contribution >= 0.6 is 0 Å². The fraction of sp³-hybridized carbons (Fsp3) is 0.778. The van der Waals surface area contributed by atoms with Crippen LogP contribution in [0, 0.1) is 5.41 Å². The molecule has 4 heteroatoms. The topological polar surface area (TPSA) is 61.7 Å². The normalized spacial score (nSPS) is 26.7. The molecule has 2 aliphatic rings. The molecule has 2 saturated carbocycles. The van der Waals surface area contributed by atoms with Crippen molar-refractivity contribution in [2.75, 3.05) is 6.61 Å². The van der Waals surface area contributed by atoms with E-state index < -0.39 is 12.5 Å². The minimum Gasteiger partial charge on any atom is -0.386 e. The third kappa shape index (κ3) is 1.35. The Morgan fingerprint density at radius 2 is 2.31 bits per heavy atom. The van der Waals surface area contributed by atoms with E-state index in [9.17, 15) is 4.79 Å². The van der Waals surface area contributed by atoms with Crippen molar-refractivity contribution >= 4 is 11.6 Å². The molecule has 0 heterocycles. The molecule has 13 heavy (non-hydrogen) atoms. The molecule has 2 aliphatic carbocycles. The average Bonchev–Trinajstić information content (AvgIpc) is 1.99. The van der Waals surface area contributed by atoms with Gasteiger partial charge in [0.15, 0.2) is 0 Å². The van der Waals surface area contributed by atoms with E-state index in [4.69, 9.17) is 5.11 Å². The van der Waals surface area contributed by atoms with Gasteiger partial charge in [-0.3, -0.25) is 4.79 Å². The number of carbonyl (C=O) groups is 1. The highest BCUT2D eigenvalue weighted by Crippen LogP contribution is 2.53. The van der Waals surface area contributed by atoms with E-state index in [0.717, 1.165) is 12.1 Å². The maximum Gasteiger partial charge on any atom is 0.265 e. The lowest BCUT2D eigenvalue weighted by Crippen LogP contribution is -2.47. The van der Waals surface area contributed by atoms with Crippen molar-refractivity contribution in [1.82, 2.24) is 5.43 Å². The standard InChI is InChI=1S/C9H14N2O2/c12-6-8(13)11-10-7-2-5-9(7)3-1-4-9/h12H,1-6H2,(H,11,13)/b10-7-. The second-order valence-electron chi connectivity index (χ2n) is 3.89. The van der Waals surface area contributed by atoms with Gasteiger partial charge in [-0.1, -0.05) is 6.42 Å². The Balaban J connectivity index is 1.90. The quantitative estimate of drug-likeness (QED) is 0.608. The predicted molar refractivity (Wildman–Crippen MR) is 48.2 cm³/mol. The van der Waals surface area contributed by atoms with Gasteiger partial charge in [0.25, 0.3) is 5.91 Å². The van der Waals surface area contributed by atoms with Crippen LogP contribution in [0.5, 0.6) is 0 Å². The van der Waals surface area contributed by atoms with Gasteiger partial charge in [0, 0.05) is 11.1 Å². The molecule has 0 unspecified atom stereocenters. The molecule has 1 spiro atoms. The summed E-state index contributed by atoms with van der Waals surface area (Å²) in [4.78, 5) is 10.7. The van der Waals surface area contributed by atoms with Gasteiger partial charge in [-0.25, -0.2) is 5.43 Å². The first kappa shape index (κ1) is 8.69. The monoisotopic (exact) mass is 182 g/mol. The lowest BCUT2D eigenvalue weighted by Gasteiger charge is -2.50. The molecule has 1 amide bonds. The molecule has 0 atom stereocenters. The van der Waals surface area contributed by atoms with Crippen LogP contribution in [0.15, 0.2) is 5.10 Å². The van der Waals surface area contributed by atoms with Gasteiger partial charge < -0.3 is 5.11 Å². The Kier molecular flexibility index (Phi) is 2.07. The summed E-state index contributed by atoms with van der Waals surface area (Å²) >= 11 is 0. The molecule has 0 aromatic heterocycles. The molecule has 72 valence electrons. The lowest BCUT2D eigenvalue weighted by atomic mass is 9.55. The Hall–Kier alpha value is -0.900. The highest BCUT2D eigenvalue weighted by Gasteiger charge is 2.48. The lowest BCUT2D eigenvalue weighted by molar-refractivity contribution is -0.123. The zero-order chi connectivity index (χ0) is 9.31. The maximum absolute atomic E-state index is 10.7. The molecule has 0 bridgehead atoms. The van der Waals surface area contributed by atoms with Crippen molar-refractivity contribution in [3.8, 4) is 0 Å². The Morgan fingerprint density at radius 1 is 1.54 bits per heavy atom. The summed E-state index contributed by atoms with van der Waals surface area (Å²) < 4.78 is 0. The molecule has 0 aromatic rings. The van der Waals surface area contributed by atoms with Crippen molar-refractivity contribution in [1.29, 1.82) is 0 Å². The number of hydrazone groups is 1. The molecule has 0 radical (unpaired) electrons. The number of amides is 1. The number of hydrogen-bond donors (Lipinski definition) is 2. The van der Waals surface area contributed by atoms with E-state index in [1.165, 1.54) is 25.7 Å². The van der Waals surface area contributed by atoms with E-state index in [1.807, 2.05) is 0 Å². The largest absolute Gasteiger partial charge is 0.386 e. The first-order valence-corrected chi connectivity index (χ1v) is 4.74. The maximum atomic E-state index is 10.7. The minimum absolute atomic E-state index is 0.350. The summed E-state index contributed by atoms with van der Waals surface area (Å²) in [6.07, 6.45) is 5.96. The zero-order valence-electron chi connectivity index (χ0n) is 7.55. The van der Waals surface area contributed by atoms with Crippen molar-refractivity contribution in [3.63, 3.8) is 0 Å². The minimum atomic E-state index is -0.482. The molecular formula is C9H14N2O2. The number of carbonyl (C=O) groups excluding carboxylic acids is 1. The Bertz CT molecular complexity index is 251. The van der Waals surface area contributed by atoms with Gasteiger partial charge in [-0.15, -0.1) is 0 Å². The number of aliphatic hydroxyl groups is 1. The van der Waals surface area contributed by atoms with Crippen LogP contribution in [-0.2, 0) is 4.79 Å². The smallest absolute Gasteiger partial charge is 0.265 e. The number of nitrogens with one attached hydrogen (secondary N) is 1. The van der Waals surface area contributed by atoms with Crippen LogP contribution < -0.4 is 5.43 Å². The molecule has 4 nitrogen and oxygen atoms in total. The summed E-state index contributed by atoms with van der Waals surface area (Å²) in [6, 6.07) is 0. The highest BCUT2D eigenvalue weighted by molar-refractivity contribution is 5.96. The molecule has 0 aromatic carbocycles. The fourth-order valence-corrected chi connectivity index (χ4v) is 2.07. The van der Waals surface area contributed by atoms with Crippen LogP contribution in [0.4, 0.5) is 0 Å². The molecule has 2 N–H and O–H groups in total. The Labute approximate surface area is 77.0 Å². The van der Waals surface area contributed by atoms with Gasteiger partial charge in [0.2, 0.25) is 0 Å². The van der Waals surface area contributed by atoms with E-state index in [0.29, 0.717) is 5.41 Å². The third-order valence-corrected chi connectivity index (χ3v) is 3.22. The van der Waals surface area contributed by atoms with Crippen LogP contribution in [0.1, 0.15) is 32.1 Å². The van der Waals surface area contributed by atoms with Crippen LogP contribution in [0.25, 0.3) is 0 Å². The van der Waals surface area contributed by atoms with Crippen molar-refractivity contribution in [3.05, 3.63) is 0 Å². The van der Waals surface area contributed by atoms with E-state index in [1.54, 1.807) is 0 Å². The first-order chi connectivity index (χ1) is 6.27. The van der Waals surface area contributed by atoms with Crippen LogP contribution in [0.2, 0.25) is 0 Å². The second-order valence-corrected chi connectivity index (χ2v) is 3.89. The third-order valence-electron chi connectivity index (χ3n) is 3.22. The van der Waals surface area contributed by atoms with Crippen molar-refractivity contribution in [2.24, 2.45) is 10.5 Å². The molecule has 0 aliphatic heterocycles. The average molecular weight is 182 g/mol. The molecular weight excluding hydrogens is 168 g/mol. The Morgan fingerprint density at radius 3 is 2.69 bits per heavy atom. The van der Waals surface area contributed by atoms with Crippen molar-refractivity contribution in [2.45, 2.75) is 32.1 Å². The van der Waals surface area contributed by atoms with Gasteiger partial charge in [0.05, 0.1) is 0 Å². The van der Waals surface area contributed by atoms with E-state index in [-0.39, 0.29) is 0 Å². The van der Waals surface area contributed by atoms with Crippen LogP contribution in [0.3, 0.4) is 0 Å². The van der Waals surface area contributed by atoms with Gasteiger partial charge in [-0.05, 0) is 25.7 Å². The summed E-state index contributed by atoms with van der Waals surface area (Å²) in [6.45, 7) is -0.482. The van der Waals surface area contributed by atoms with Crippen LogP contribution in [-0.4, -0.2) is 23.3 Å². The number of hydrogen-bond acceptors (Lipinski definition) is 3. The second kappa shape index (κ2) is 3.10. The van der Waals surface area contributed by atoms with E-state index >= 15 is 0 Å². The SMILES string of the molecule is O=C(CO)N/N=C1/CCC12CCC2. The summed E-state index contributed by atoms with van der Waals surface area (Å²) in [7, 11) is 0. The number of nitrogens with zero attached hydrogens (tertiary/aromatic N) is 1. The molecule has 0 saturated heterocycles.